The summed E-state index contributed by atoms with van der Waals surface area (Å²) in [6.45, 7) is 3.34. The Hall–Kier alpha value is -1.91. The van der Waals surface area contributed by atoms with Gasteiger partial charge in [0.15, 0.2) is 0 Å². The molecule has 1 atom stereocenters. The number of pyridine rings is 1. The molecule has 2 aliphatic rings. The lowest BCUT2D eigenvalue weighted by Gasteiger charge is -2.50. The number of aryl methyl sites for hydroxylation is 1. The Kier molecular flexibility index (Phi) is 3.89. The molecule has 5 heteroatoms. The number of likely N-dealkylation sites (N-methyl/N-ethyl adjacent to an activating group) is 1. The minimum Gasteiger partial charge on any atom is -0.338 e. The number of aromatic nitrogens is 1. The van der Waals surface area contributed by atoms with E-state index >= 15 is 0 Å². The minimum atomic E-state index is -0.166. The van der Waals surface area contributed by atoms with Crippen molar-refractivity contribution in [2.24, 2.45) is 0 Å². The number of piperidine rings is 2. The largest absolute Gasteiger partial charge is 0.338 e. The number of nitrogens with zero attached hydrogens (tertiary/aromatic N) is 3. The van der Waals surface area contributed by atoms with Gasteiger partial charge in [-0.2, -0.15) is 0 Å². The molecule has 0 saturated carbocycles. The van der Waals surface area contributed by atoms with Crippen LogP contribution in [0.3, 0.4) is 0 Å². The van der Waals surface area contributed by atoms with E-state index in [2.05, 4.69) is 4.98 Å². The lowest BCUT2D eigenvalue weighted by atomic mass is 9.80. The van der Waals surface area contributed by atoms with Gasteiger partial charge in [0.05, 0.1) is 11.1 Å². The van der Waals surface area contributed by atoms with E-state index in [0.717, 1.165) is 37.8 Å². The zero-order chi connectivity index (χ0) is 15.7. The van der Waals surface area contributed by atoms with Crippen LogP contribution in [0.25, 0.3) is 0 Å². The lowest BCUT2D eigenvalue weighted by molar-refractivity contribution is -0.142. The molecule has 2 saturated heterocycles. The van der Waals surface area contributed by atoms with Gasteiger partial charge in [-0.15, -0.1) is 0 Å². The quantitative estimate of drug-likeness (QED) is 0.797. The normalized spacial score (nSPS) is 25.6. The van der Waals surface area contributed by atoms with Crippen molar-refractivity contribution in [2.45, 2.75) is 44.6 Å². The molecule has 0 aromatic carbocycles. The molecule has 0 aliphatic carbocycles. The van der Waals surface area contributed by atoms with Gasteiger partial charge >= 0.3 is 0 Å². The van der Waals surface area contributed by atoms with Gasteiger partial charge in [0, 0.05) is 39.0 Å². The Balaban J connectivity index is 1.81. The summed E-state index contributed by atoms with van der Waals surface area (Å²) in [5.74, 6) is 0.236. The van der Waals surface area contributed by atoms with Crippen LogP contribution in [0.5, 0.6) is 0 Å². The van der Waals surface area contributed by atoms with Crippen LogP contribution in [0, 0.1) is 6.92 Å². The predicted octanol–water partition coefficient (Wildman–Crippen LogP) is 2.01. The van der Waals surface area contributed by atoms with Crippen LogP contribution in [0.4, 0.5) is 0 Å². The minimum absolute atomic E-state index is 0.0293. The number of hydrogen-bond acceptors (Lipinski definition) is 3. The molecule has 1 spiro atoms. The van der Waals surface area contributed by atoms with Crippen molar-refractivity contribution in [3.05, 3.63) is 29.6 Å². The van der Waals surface area contributed by atoms with Crippen LogP contribution in [-0.4, -0.2) is 52.3 Å². The average Bonchev–Trinajstić information content (AvgIpc) is 2.52. The Morgan fingerprint density at radius 3 is 2.82 bits per heavy atom. The summed E-state index contributed by atoms with van der Waals surface area (Å²) in [4.78, 5) is 32.7. The Bertz CT molecular complexity index is 597. The highest BCUT2D eigenvalue weighted by Crippen LogP contribution is 2.36. The summed E-state index contributed by atoms with van der Waals surface area (Å²) in [5, 5.41) is 0. The second kappa shape index (κ2) is 5.71. The van der Waals surface area contributed by atoms with Crippen molar-refractivity contribution in [1.82, 2.24) is 14.8 Å². The summed E-state index contributed by atoms with van der Waals surface area (Å²) in [5.41, 5.74) is 1.46. The first-order valence-corrected chi connectivity index (χ1v) is 7.99. The monoisotopic (exact) mass is 301 g/mol. The predicted molar refractivity (Wildman–Crippen MR) is 83.5 cm³/mol. The second-order valence-electron chi connectivity index (χ2n) is 6.61. The smallest absolute Gasteiger partial charge is 0.255 e. The molecule has 118 valence electrons. The molecule has 1 aromatic rings. The summed E-state index contributed by atoms with van der Waals surface area (Å²) in [6.07, 6.45) is 7.87. The molecule has 0 radical (unpaired) electrons. The van der Waals surface area contributed by atoms with Crippen molar-refractivity contribution < 1.29 is 9.59 Å². The number of carbonyl (C=O) groups excluding carboxylic acids is 2. The summed E-state index contributed by atoms with van der Waals surface area (Å²) >= 11 is 0. The van der Waals surface area contributed by atoms with E-state index in [9.17, 15) is 9.59 Å². The van der Waals surface area contributed by atoms with Crippen molar-refractivity contribution in [3.8, 4) is 0 Å². The van der Waals surface area contributed by atoms with Crippen LogP contribution in [0.1, 0.15) is 48.0 Å². The first-order valence-electron chi connectivity index (χ1n) is 7.99. The zero-order valence-electron chi connectivity index (χ0n) is 13.3. The van der Waals surface area contributed by atoms with E-state index in [1.807, 2.05) is 29.8 Å². The fourth-order valence-corrected chi connectivity index (χ4v) is 3.79. The molecule has 3 rings (SSSR count). The molecule has 0 unspecified atom stereocenters. The average molecular weight is 301 g/mol. The van der Waals surface area contributed by atoms with Crippen molar-refractivity contribution in [1.29, 1.82) is 0 Å². The van der Waals surface area contributed by atoms with Crippen LogP contribution in [-0.2, 0) is 4.79 Å². The molecule has 2 aliphatic heterocycles. The van der Waals surface area contributed by atoms with Gasteiger partial charge < -0.3 is 9.80 Å². The number of likely N-dealkylation sites (tertiary alicyclic amines) is 2. The standard InChI is InChI=1S/C17H23N3O2/c1-13-9-14(11-18-10-13)16(22)20-8-4-7-17(12-20)6-3-5-15(21)19(17)2/h9-11H,3-8,12H2,1-2H3/t17-/m0/s1. The SMILES string of the molecule is Cc1cncc(C(=O)N2CCC[C@@]3(CCCC(=O)N3C)C2)c1. The van der Waals surface area contributed by atoms with E-state index in [4.69, 9.17) is 0 Å². The maximum absolute atomic E-state index is 12.7. The second-order valence-corrected chi connectivity index (χ2v) is 6.61. The van der Waals surface area contributed by atoms with E-state index < -0.39 is 0 Å². The maximum atomic E-state index is 12.7. The van der Waals surface area contributed by atoms with Gasteiger partial charge in [-0.25, -0.2) is 0 Å². The highest BCUT2D eigenvalue weighted by molar-refractivity contribution is 5.94. The third kappa shape index (κ3) is 2.60. The van der Waals surface area contributed by atoms with Crippen molar-refractivity contribution in [2.75, 3.05) is 20.1 Å². The van der Waals surface area contributed by atoms with Crippen LogP contribution >= 0.6 is 0 Å². The Labute approximate surface area is 131 Å². The summed E-state index contributed by atoms with van der Waals surface area (Å²) < 4.78 is 0. The fourth-order valence-electron chi connectivity index (χ4n) is 3.79. The molecule has 1 aromatic heterocycles. The fraction of sp³-hybridized carbons (Fsp3) is 0.588. The highest BCUT2D eigenvalue weighted by Gasteiger charge is 2.44. The van der Waals surface area contributed by atoms with Crippen molar-refractivity contribution >= 4 is 11.8 Å². The maximum Gasteiger partial charge on any atom is 0.255 e. The molecule has 3 heterocycles. The first-order chi connectivity index (χ1) is 10.5. The molecule has 2 fully saturated rings. The third-order valence-electron chi connectivity index (χ3n) is 5.08. The highest BCUT2D eigenvalue weighted by atomic mass is 16.2. The zero-order valence-corrected chi connectivity index (χ0v) is 13.3. The van der Waals surface area contributed by atoms with E-state index in [1.165, 1.54) is 0 Å². The molecule has 5 nitrogen and oxygen atoms in total. The topological polar surface area (TPSA) is 53.5 Å². The molecule has 22 heavy (non-hydrogen) atoms. The Morgan fingerprint density at radius 1 is 1.27 bits per heavy atom. The van der Waals surface area contributed by atoms with Gasteiger partial charge in [0.1, 0.15) is 0 Å². The van der Waals surface area contributed by atoms with E-state index in [-0.39, 0.29) is 17.4 Å². The van der Waals surface area contributed by atoms with Gasteiger partial charge in [0.25, 0.3) is 5.91 Å². The summed E-state index contributed by atoms with van der Waals surface area (Å²) in [6, 6.07) is 1.88. The van der Waals surface area contributed by atoms with E-state index in [0.29, 0.717) is 18.5 Å². The van der Waals surface area contributed by atoms with Crippen LogP contribution < -0.4 is 0 Å². The third-order valence-corrected chi connectivity index (χ3v) is 5.08. The number of hydrogen-bond donors (Lipinski definition) is 0. The lowest BCUT2D eigenvalue weighted by Crippen LogP contribution is -2.61. The first kappa shape index (κ1) is 15.0. The number of rotatable bonds is 1. The van der Waals surface area contributed by atoms with Crippen molar-refractivity contribution in [3.63, 3.8) is 0 Å². The van der Waals surface area contributed by atoms with Crippen LogP contribution in [0.2, 0.25) is 0 Å². The van der Waals surface area contributed by atoms with Gasteiger partial charge in [0.2, 0.25) is 5.91 Å². The number of carbonyl (C=O) groups is 2. The van der Waals surface area contributed by atoms with Gasteiger partial charge in [-0.05, 0) is 44.2 Å². The van der Waals surface area contributed by atoms with Gasteiger partial charge in [-0.3, -0.25) is 14.6 Å². The molecule has 0 N–H and O–H groups in total. The molecular weight excluding hydrogens is 278 g/mol. The van der Waals surface area contributed by atoms with Crippen LogP contribution in [0.15, 0.2) is 18.5 Å². The molecule has 2 amide bonds. The molecular formula is C17H23N3O2. The summed E-state index contributed by atoms with van der Waals surface area (Å²) in [7, 11) is 1.89. The van der Waals surface area contributed by atoms with Gasteiger partial charge in [-0.1, -0.05) is 0 Å². The van der Waals surface area contributed by atoms with E-state index in [1.54, 1.807) is 12.4 Å². The Morgan fingerprint density at radius 2 is 2.05 bits per heavy atom. The molecule has 0 bridgehead atoms. The number of amides is 2.